The van der Waals surface area contributed by atoms with Crippen LogP contribution in [-0.2, 0) is 0 Å². The maximum atomic E-state index is 4.55. The molecule has 0 bridgehead atoms. The van der Waals surface area contributed by atoms with Gasteiger partial charge in [-0.05, 0) is 33.6 Å². The first-order valence-corrected chi connectivity index (χ1v) is 9.65. The van der Waals surface area contributed by atoms with Gasteiger partial charge in [-0.25, -0.2) is 5.09 Å². The van der Waals surface area contributed by atoms with E-state index in [0.717, 1.165) is 5.92 Å². The van der Waals surface area contributed by atoms with Gasteiger partial charge in [0.15, 0.2) is 0 Å². The summed E-state index contributed by atoms with van der Waals surface area (Å²) in [5.41, 5.74) is 1.35. The lowest BCUT2D eigenvalue weighted by atomic mass is 9.94. The molecule has 1 fully saturated rings. The maximum Gasteiger partial charge on any atom is 0.0699 e. The van der Waals surface area contributed by atoms with Crippen LogP contribution in [0.15, 0.2) is 11.0 Å². The second kappa shape index (κ2) is 7.55. The van der Waals surface area contributed by atoms with E-state index in [9.17, 15) is 0 Å². The molecule has 0 unspecified atom stereocenters. The number of rotatable bonds is 1. The standard InChI is InChI=1S/C14H24NP2/c1-12-14(16-17-15-12)13-10-8-6-4-2-3-5-7-9-11-13/h13H,2-11H2,1H3. The van der Waals surface area contributed by atoms with Crippen molar-refractivity contribution in [3.05, 3.63) is 11.0 Å². The fourth-order valence-electron chi connectivity index (χ4n) is 2.90. The lowest BCUT2D eigenvalue weighted by Crippen LogP contribution is -2.03. The Hall–Kier alpha value is 0.140. The van der Waals surface area contributed by atoms with Gasteiger partial charge >= 0.3 is 0 Å². The molecule has 1 saturated carbocycles. The van der Waals surface area contributed by atoms with Gasteiger partial charge in [0.2, 0.25) is 0 Å². The minimum atomic E-state index is 0.855. The van der Waals surface area contributed by atoms with Crippen molar-refractivity contribution < 1.29 is 0 Å². The third-order valence-electron chi connectivity index (χ3n) is 3.96. The molecule has 0 N–H and O–H groups in total. The summed E-state index contributed by atoms with van der Waals surface area (Å²) < 4.78 is 0. The van der Waals surface area contributed by atoms with Crippen LogP contribution in [0.1, 0.15) is 71.1 Å². The summed E-state index contributed by atoms with van der Waals surface area (Å²) in [6.45, 7) is 2.22. The van der Waals surface area contributed by atoms with Crippen LogP contribution < -0.4 is 5.09 Å². The Morgan fingerprint density at radius 1 is 0.882 bits per heavy atom. The van der Waals surface area contributed by atoms with Crippen LogP contribution in [0.4, 0.5) is 0 Å². The first kappa shape index (κ1) is 13.6. The highest BCUT2D eigenvalue weighted by atomic mass is 31.7. The Labute approximate surface area is 109 Å². The second-order valence-electron chi connectivity index (χ2n) is 5.36. The molecule has 0 spiro atoms. The molecule has 1 nitrogen and oxygen atoms in total. The number of nitrogens with zero attached hydrogens (tertiary/aromatic N) is 1. The Bertz CT molecular complexity index is 285. The first-order valence-electron chi connectivity index (χ1n) is 7.20. The molecule has 0 aromatic carbocycles. The van der Waals surface area contributed by atoms with Crippen molar-refractivity contribution in [2.24, 2.45) is 5.92 Å². The lowest BCUT2D eigenvalue weighted by molar-refractivity contribution is 0.479. The molecule has 0 saturated heterocycles. The van der Waals surface area contributed by atoms with Crippen LogP contribution in [0.2, 0.25) is 0 Å². The van der Waals surface area contributed by atoms with Gasteiger partial charge in [-0.1, -0.05) is 51.4 Å². The van der Waals surface area contributed by atoms with E-state index in [4.69, 9.17) is 0 Å². The van der Waals surface area contributed by atoms with Crippen molar-refractivity contribution in [1.82, 2.24) is 5.09 Å². The third-order valence-corrected chi connectivity index (χ3v) is 6.53. The Morgan fingerprint density at radius 3 is 1.88 bits per heavy atom. The molecule has 0 aromatic rings. The largest absolute Gasteiger partial charge is 0.227 e. The van der Waals surface area contributed by atoms with Crippen molar-refractivity contribution in [2.75, 3.05) is 0 Å². The normalized spacial score (nSPS) is 26.4. The third kappa shape index (κ3) is 4.38. The molecule has 1 heterocycles. The van der Waals surface area contributed by atoms with Gasteiger partial charge in [0.1, 0.15) is 0 Å². The van der Waals surface area contributed by atoms with Gasteiger partial charge in [0, 0.05) is 5.31 Å². The molecule has 1 aliphatic heterocycles. The van der Waals surface area contributed by atoms with E-state index in [1.807, 2.05) is 0 Å². The monoisotopic (exact) mass is 268 g/mol. The van der Waals surface area contributed by atoms with Crippen LogP contribution in [0.3, 0.4) is 0 Å². The molecule has 0 aromatic heterocycles. The second-order valence-corrected chi connectivity index (χ2v) is 7.56. The quantitative estimate of drug-likeness (QED) is 0.511. The average Bonchev–Trinajstić information content (AvgIpc) is 2.72. The minimum absolute atomic E-state index is 0.855. The summed E-state index contributed by atoms with van der Waals surface area (Å²) in [4.78, 5) is 0. The predicted octanol–water partition coefficient (Wildman–Crippen LogP) is 6.09. The fraction of sp³-hybridized carbons (Fsp3) is 0.857. The number of hydrogen-bond donors (Lipinski definition) is 0. The van der Waals surface area contributed by atoms with Crippen molar-refractivity contribution in [2.45, 2.75) is 71.1 Å². The molecular formula is C14H24NP2. The van der Waals surface area contributed by atoms with Crippen molar-refractivity contribution in [1.29, 1.82) is 0 Å². The zero-order valence-corrected chi connectivity index (χ0v) is 12.8. The Morgan fingerprint density at radius 2 is 1.41 bits per heavy atom. The molecule has 3 heteroatoms. The van der Waals surface area contributed by atoms with Gasteiger partial charge in [-0.2, -0.15) is 0 Å². The van der Waals surface area contributed by atoms with E-state index < -0.39 is 0 Å². The Balaban J connectivity index is 1.92. The fourth-order valence-corrected chi connectivity index (χ4v) is 5.73. The summed E-state index contributed by atoms with van der Waals surface area (Å²) in [6.07, 6.45) is 14.5. The first-order chi connectivity index (χ1) is 8.38. The molecule has 0 amide bonds. The number of hydrogen-bond acceptors (Lipinski definition) is 0. The van der Waals surface area contributed by atoms with Crippen LogP contribution in [-0.4, -0.2) is 0 Å². The highest BCUT2D eigenvalue weighted by molar-refractivity contribution is 7.85. The summed E-state index contributed by atoms with van der Waals surface area (Å²) in [5, 5.41) is 6.22. The van der Waals surface area contributed by atoms with Gasteiger partial charge < -0.3 is 0 Å². The summed E-state index contributed by atoms with van der Waals surface area (Å²) in [6, 6.07) is 0. The highest BCUT2D eigenvalue weighted by Gasteiger charge is 2.19. The predicted molar refractivity (Wildman–Crippen MR) is 78.3 cm³/mol. The van der Waals surface area contributed by atoms with Crippen LogP contribution in [0.25, 0.3) is 0 Å². The van der Waals surface area contributed by atoms with E-state index in [0.29, 0.717) is 0 Å². The molecule has 17 heavy (non-hydrogen) atoms. The molecule has 0 atom stereocenters. The van der Waals surface area contributed by atoms with E-state index >= 15 is 0 Å². The molecule has 1 aliphatic carbocycles. The topological polar surface area (TPSA) is 14.1 Å². The SMILES string of the molecule is CC1=C(C2CCCCCCCCCC2)P=P[N]1. The van der Waals surface area contributed by atoms with Gasteiger partial charge in [-0.3, -0.25) is 0 Å². The van der Waals surface area contributed by atoms with E-state index in [1.54, 1.807) is 5.31 Å². The van der Waals surface area contributed by atoms with Crippen LogP contribution in [0.5, 0.6) is 0 Å². The highest BCUT2D eigenvalue weighted by Crippen LogP contribution is 2.43. The summed E-state index contributed by atoms with van der Waals surface area (Å²) in [7, 11) is 2.75. The van der Waals surface area contributed by atoms with Crippen LogP contribution in [0, 0.1) is 5.92 Å². The summed E-state index contributed by atoms with van der Waals surface area (Å²) >= 11 is 0. The molecule has 2 rings (SSSR count). The lowest BCUT2D eigenvalue weighted by Gasteiger charge is -2.16. The minimum Gasteiger partial charge on any atom is -0.227 e. The zero-order valence-electron chi connectivity index (χ0n) is 11.0. The number of allylic oxidation sites excluding steroid dienone is 2. The van der Waals surface area contributed by atoms with E-state index in [1.165, 1.54) is 85.8 Å². The van der Waals surface area contributed by atoms with Gasteiger partial charge in [0.25, 0.3) is 0 Å². The summed E-state index contributed by atoms with van der Waals surface area (Å²) in [5.74, 6) is 0.855. The van der Waals surface area contributed by atoms with Crippen molar-refractivity contribution in [3.63, 3.8) is 0 Å². The smallest absolute Gasteiger partial charge is 0.0699 e. The van der Waals surface area contributed by atoms with E-state index in [2.05, 4.69) is 12.0 Å². The molecule has 2 aliphatic rings. The molecule has 1 radical (unpaired) electrons. The zero-order chi connectivity index (χ0) is 11.9. The van der Waals surface area contributed by atoms with Gasteiger partial charge in [0.05, 0.1) is 13.7 Å². The van der Waals surface area contributed by atoms with Crippen molar-refractivity contribution in [3.8, 4) is 0 Å². The molecular weight excluding hydrogens is 244 g/mol. The van der Waals surface area contributed by atoms with Crippen molar-refractivity contribution >= 4 is 15.9 Å². The van der Waals surface area contributed by atoms with Crippen LogP contribution >= 0.6 is 15.9 Å². The molecule has 95 valence electrons. The maximum absolute atomic E-state index is 4.55. The Kier molecular flexibility index (Phi) is 6.02. The van der Waals surface area contributed by atoms with E-state index in [-0.39, 0.29) is 0 Å². The average molecular weight is 268 g/mol. The van der Waals surface area contributed by atoms with Gasteiger partial charge in [-0.15, -0.1) is 0 Å².